The highest BCUT2D eigenvalue weighted by Crippen LogP contribution is 2.07. The minimum atomic E-state index is 0.165. The third-order valence-electron chi connectivity index (χ3n) is 2.89. The SMILES string of the molecule is Nc1nc(NCCc2ccccc2)nc(-n2cccn2)n1. The van der Waals surface area contributed by atoms with Gasteiger partial charge in [-0.1, -0.05) is 30.3 Å². The van der Waals surface area contributed by atoms with Crippen molar-refractivity contribution < 1.29 is 0 Å². The average molecular weight is 281 g/mol. The second kappa shape index (κ2) is 6.00. The van der Waals surface area contributed by atoms with Crippen molar-refractivity contribution in [1.29, 1.82) is 0 Å². The first-order chi connectivity index (χ1) is 10.3. The molecule has 0 unspecified atom stereocenters. The number of nitrogens with two attached hydrogens (primary N) is 1. The summed E-state index contributed by atoms with van der Waals surface area (Å²) in [5, 5.41) is 7.23. The minimum absolute atomic E-state index is 0.165. The third kappa shape index (κ3) is 3.33. The van der Waals surface area contributed by atoms with Crippen LogP contribution in [-0.4, -0.2) is 31.3 Å². The van der Waals surface area contributed by atoms with E-state index in [0.29, 0.717) is 18.4 Å². The Morgan fingerprint density at radius 2 is 1.90 bits per heavy atom. The number of hydrogen-bond donors (Lipinski definition) is 2. The van der Waals surface area contributed by atoms with Gasteiger partial charge in [0.05, 0.1) is 0 Å². The normalized spacial score (nSPS) is 10.5. The fraction of sp³-hybridized carbons (Fsp3) is 0.143. The quantitative estimate of drug-likeness (QED) is 0.732. The number of rotatable bonds is 5. The van der Waals surface area contributed by atoms with E-state index in [1.54, 1.807) is 23.1 Å². The van der Waals surface area contributed by atoms with Crippen LogP contribution in [0.4, 0.5) is 11.9 Å². The summed E-state index contributed by atoms with van der Waals surface area (Å²) >= 11 is 0. The molecule has 7 nitrogen and oxygen atoms in total. The number of benzene rings is 1. The second-order valence-electron chi connectivity index (χ2n) is 4.43. The molecule has 0 fully saturated rings. The van der Waals surface area contributed by atoms with Gasteiger partial charge in [0.25, 0.3) is 5.95 Å². The first-order valence-corrected chi connectivity index (χ1v) is 6.60. The molecule has 0 radical (unpaired) electrons. The molecule has 0 aliphatic carbocycles. The summed E-state index contributed by atoms with van der Waals surface area (Å²) in [7, 11) is 0. The molecule has 0 saturated heterocycles. The first kappa shape index (κ1) is 13.0. The molecule has 2 aromatic heterocycles. The molecule has 0 bridgehead atoms. The monoisotopic (exact) mass is 281 g/mol. The smallest absolute Gasteiger partial charge is 0.257 e. The van der Waals surface area contributed by atoms with E-state index < -0.39 is 0 Å². The fourth-order valence-electron chi connectivity index (χ4n) is 1.91. The zero-order valence-electron chi connectivity index (χ0n) is 11.3. The van der Waals surface area contributed by atoms with Gasteiger partial charge < -0.3 is 11.1 Å². The van der Waals surface area contributed by atoms with Gasteiger partial charge in [0.15, 0.2) is 0 Å². The lowest BCUT2D eigenvalue weighted by molar-refractivity contribution is 0.798. The van der Waals surface area contributed by atoms with Gasteiger partial charge in [-0.3, -0.25) is 0 Å². The number of anilines is 2. The van der Waals surface area contributed by atoms with Crippen molar-refractivity contribution in [3.63, 3.8) is 0 Å². The standard InChI is InChI=1S/C14H15N7/c15-12-18-13(16-9-7-11-5-2-1-3-6-11)20-14(19-12)21-10-4-8-17-21/h1-6,8,10H,7,9H2,(H3,15,16,18,19,20). The molecule has 1 aromatic carbocycles. The summed E-state index contributed by atoms with van der Waals surface area (Å²) in [6.45, 7) is 0.714. The van der Waals surface area contributed by atoms with Gasteiger partial charge >= 0.3 is 0 Å². The van der Waals surface area contributed by atoms with Gasteiger partial charge in [-0.05, 0) is 18.1 Å². The molecule has 3 aromatic rings. The Balaban J connectivity index is 1.68. The third-order valence-corrected chi connectivity index (χ3v) is 2.89. The van der Waals surface area contributed by atoms with Crippen LogP contribution in [0.15, 0.2) is 48.8 Å². The van der Waals surface area contributed by atoms with E-state index in [2.05, 4.69) is 37.5 Å². The lowest BCUT2D eigenvalue weighted by Gasteiger charge is -2.07. The molecule has 0 amide bonds. The molecule has 106 valence electrons. The van der Waals surface area contributed by atoms with E-state index in [1.165, 1.54) is 5.56 Å². The highest BCUT2D eigenvalue weighted by molar-refractivity contribution is 5.35. The van der Waals surface area contributed by atoms with Gasteiger partial charge in [0.1, 0.15) is 0 Å². The first-order valence-electron chi connectivity index (χ1n) is 6.60. The maximum absolute atomic E-state index is 5.71. The molecule has 0 aliphatic rings. The highest BCUT2D eigenvalue weighted by Gasteiger charge is 2.06. The average Bonchev–Trinajstić information content (AvgIpc) is 3.02. The van der Waals surface area contributed by atoms with Crippen LogP contribution < -0.4 is 11.1 Å². The van der Waals surface area contributed by atoms with Crippen LogP contribution in [0.5, 0.6) is 0 Å². The number of nitrogen functional groups attached to an aromatic ring is 1. The van der Waals surface area contributed by atoms with Gasteiger partial charge in [0.2, 0.25) is 11.9 Å². The Hall–Kier alpha value is -2.96. The van der Waals surface area contributed by atoms with Crippen molar-refractivity contribution in [2.75, 3.05) is 17.6 Å². The number of nitrogens with one attached hydrogen (secondary N) is 1. The summed E-state index contributed by atoms with van der Waals surface area (Å²) in [6.07, 6.45) is 4.29. The van der Waals surface area contributed by atoms with Crippen LogP contribution in [0.3, 0.4) is 0 Å². The number of hydrogen-bond acceptors (Lipinski definition) is 6. The molecule has 0 saturated carbocycles. The Kier molecular flexibility index (Phi) is 3.72. The molecule has 21 heavy (non-hydrogen) atoms. The summed E-state index contributed by atoms with van der Waals surface area (Å²) < 4.78 is 1.54. The predicted octanol–water partition coefficient (Wildman–Crippen LogP) is 1.29. The topological polar surface area (TPSA) is 94.5 Å². The lowest BCUT2D eigenvalue weighted by Crippen LogP contribution is -2.13. The van der Waals surface area contributed by atoms with Crippen LogP contribution >= 0.6 is 0 Å². The molecule has 3 rings (SSSR count). The van der Waals surface area contributed by atoms with Crippen LogP contribution in [0, 0.1) is 0 Å². The molecule has 2 heterocycles. The Bertz CT molecular complexity index is 695. The van der Waals surface area contributed by atoms with E-state index >= 15 is 0 Å². The zero-order valence-corrected chi connectivity index (χ0v) is 11.3. The molecule has 3 N–H and O–H groups in total. The molecular formula is C14H15N7. The fourth-order valence-corrected chi connectivity index (χ4v) is 1.91. The highest BCUT2D eigenvalue weighted by atomic mass is 15.4. The van der Waals surface area contributed by atoms with E-state index in [0.717, 1.165) is 6.42 Å². The van der Waals surface area contributed by atoms with Crippen LogP contribution in [0.25, 0.3) is 5.95 Å². The van der Waals surface area contributed by atoms with E-state index in [4.69, 9.17) is 5.73 Å². The second-order valence-corrected chi connectivity index (χ2v) is 4.43. The summed E-state index contributed by atoms with van der Waals surface area (Å²) in [5.74, 6) is 1.01. The maximum Gasteiger partial charge on any atom is 0.257 e. The van der Waals surface area contributed by atoms with E-state index in [-0.39, 0.29) is 5.95 Å². The molecule has 7 heteroatoms. The summed E-state index contributed by atoms with van der Waals surface area (Å²) in [4.78, 5) is 12.4. The van der Waals surface area contributed by atoms with Crippen LogP contribution in [0.1, 0.15) is 5.56 Å². The van der Waals surface area contributed by atoms with Crippen molar-refractivity contribution in [2.24, 2.45) is 0 Å². The maximum atomic E-state index is 5.71. The van der Waals surface area contributed by atoms with Gasteiger partial charge in [-0.2, -0.15) is 20.1 Å². The van der Waals surface area contributed by atoms with Crippen molar-refractivity contribution >= 4 is 11.9 Å². The Labute approximate surface area is 121 Å². The largest absolute Gasteiger partial charge is 0.368 e. The zero-order chi connectivity index (χ0) is 14.5. The van der Waals surface area contributed by atoms with Crippen LogP contribution in [-0.2, 0) is 6.42 Å². The van der Waals surface area contributed by atoms with Gasteiger partial charge in [0, 0.05) is 18.9 Å². The predicted molar refractivity (Wildman–Crippen MR) is 80.0 cm³/mol. The lowest BCUT2D eigenvalue weighted by atomic mass is 10.1. The molecule has 0 spiro atoms. The van der Waals surface area contributed by atoms with Crippen molar-refractivity contribution in [1.82, 2.24) is 24.7 Å². The minimum Gasteiger partial charge on any atom is -0.368 e. The van der Waals surface area contributed by atoms with E-state index in [1.807, 2.05) is 18.2 Å². The number of aromatic nitrogens is 5. The van der Waals surface area contributed by atoms with Crippen molar-refractivity contribution in [2.45, 2.75) is 6.42 Å². The number of nitrogens with zero attached hydrogens (tertiary/aromatic N) is 5. The Morgan fingerprint density at radius 3 is 2.67 bits per heavy atom. The molecule has 0 atom stereocenters. The molecular weight excluding hydrogens is 266 g/mol. The Morgan fingerprint density at radius 1 is 1.05 bits per heavy atom. The van der Waals surface area contributed by atoms with E-state index in [9.17, 15) is 0 Å². The molecule has 0 aliphatic heterocycles. The summed E-state index contributed by atoms with van der Waals surface area (Å²) in [5.41, 5.74) is 6.95. The van der Waals surface area contributed by atoms with Gasteiger partial charge in [-0.25, -0.2) is 4.68 Å². The van der Waals surface area contributed by atoms with Gasteiger partial charge in [-0.15, -0.1) is 0 Å². The summed E-state index contributed by atoms with van der Waals surface area (Å²) in [6, 6.07) is 12.0. The van der Waals surface area contributed by atoms with Crippen molar-refractivity contribution in [3.05, 3.63) is 54.4 Å². The van der Waals surface area contributed by atoms with Crippen molar-refractivity contribution in [3.8, 4) is 5.95 Å². The van der Waals surface area contributed by atoms with Crippen LogP contribution in [0.2, 0.25) is 0 Å².